The molecule has 0 amide bonds. The molecule has 0 aliphatic carbocycles. The molecule has 0 bridgehead atoms. The van der Waals surface area contributed by atoms with E-state index in [-0.39, 0.29) is 24.6 Å². The lowest BCUT2D eigenvalue weighted by atomic mass is 10.1. The Morgan fingerprint density at radius 1 is 1.08 bits per heavy atom. The molecule has 0 aromatic heterocycles. The Labute approximate surface area is 139 Å². The number of nitrogens with two attached hydrogens (primary N) is 4. The zero-order valence-corrected chi connectivity index (χ0v) is 13.2. The van der Waals surface area contributed by atoms with Crippen LogP contribution in [0.3, 0.4) is 0 Å². The molecule has 0 saturated heterocycles. The van der Waals surface area contributed by atoms with Gasteiger partial charge in [-0.3, -0.25) is 4.99 Å². The predicted octanol–water partition coefficient (Wildman–Crippen LogP) is -1.29. The molecule has 1 unspecified atom stereocenters. The molecular formula is C15H23N5O4. The van der Waals surface area contributed by atoms with E-state index in [9.17, 15) is 14.7 Å². The number of hydrogen-bond donors (Lipinski definition) is 5. The van der Waals surface area contributed by atoms with Crippen molar-refractivity contribution in [2.45, 2.75) is 31.3 Å². The Bertz CT molecular complexity index is 584. The highest BCUT2D eigenvalue weighted by Crippen LogP contribution is 2.11. The number of phenolic OH excluding ortho intramolecular Hbond substituents is 1. The first-order valence-electron chi connectivity index (χ1n) is 7.39. The molecule has 9 N–H and O–H groups in total. The number of benzene rings is 1. The summed E-state index contributed by atoms with van der Waals surface area (Å²) in [6, 6.07) is 4.24. The van der Waals surface area contributed by atoms with Crippen LogP contribution in [0.15, 0.2) is 29.3 Å². The van der Waals surface area contributed by atoms with E-state index in [1.807, 2.05) is 0 Å². The number of rotatable bonds is 8. The third-order valence-electron chi connectivity index (χ3n) is 3.17. The van der Waals surface area contributed by atoms with Crippen molar-refractivity contribution in [3.8, 4) is 5.75 Å². The zero-order chi connectivity index (χ0) is 18.1. The second-order valence-corrected chi connectivity index (χ2v) is 5.27. The molecule has 132 valence electrons. The number of guanidine groups is 1. The van der Waals surface area contributed by atoms with Crippen LogP contribution < -0.4 is 22.9 Å². The lowest BCUT2D eigenvalue weighted by Gasteiger charge is -2.13. The van der Waals surface area contributed by atoms with Crippen LogP contribution in [0.2, 0.25) is 0 Å². The molecular weight excluding hydrogens is 314 g/mol. The average molecular weight is 337 g/mol. The highest BCUT2D eigenvalue weighted by Gasteiger charge is 2.23. The Kier molecular flexibility index (Phi) is 7.66. The topological polar surface area (TPSA) is 180 Å². The van der Waals surface area contributed by atoms with Crippen LogP contribution in [0.4, 0.5) is 0 Å². The normalized spacial score (nSPS) is 12.9. The van der Waals surface area contributed by atoms with E-state index < -0.39 is 24.0 Å². The molecule has 0 radical (unpaired) electrons. The molecule has 0 aliphatic rings. The van der Waals surface area contributed by atoms with Crippen LogP contribution in [0.1, 0.15) is 18.4 Å². The number of carbonyl (C=O) groups excluding carboxylic acids is 2. The summed E-state index contributed by atoms with van der Waals surface area (Å²) in [6.45, 7) is 0.331. The first-order valence-corrected chi connectivity index (χ1v) is 7.39. The summed E-state index contributed by atoms with van der Waals surface area (Å²) in [5, 5.41) is 9.20. The van der Waals surface area contributed by atoms with E-state index in [2.05, 4.69) is 9.73 Å². The first kappa shape index (κ1) is 19.4. The van der Waals surface area contributed by atoms with Gasteiger partial charge in [-0.15, -0.1) is 0 Å². The van der Waals surface area contributed by atoms with Crippen LogP contribution in [0, 0.1) is 0 Å². The van der Waals surface area contributed by atoms with Crippen LogP contribution in [-0.2, 0) is 20.7 Å². The molecule has 24 heavy (non-hydrogen) atoms. The summed E-state index contributed by atoms with van der Waals surface area (Å²) < 4.78 is 4.69. The van der Waals surface area contributed by atoms with Gasteiger partial charge in [0, 0.05) is 6.54 Å². The van der Waals surface area contributed by atoms with Crippen molar-refractivity contribution in [1.82, 2.24) is 0 Å². The van der Waals surface area contributed by atoms with Gasteiger partial charge in [-0.25, -0.2) is 9.59 Å². The highest BCUT2D eigenvalue weighted by atomic mass is 16.6. The maximum atomic E-state index is 11.8. The summed E-state index contributed by atoms with van der Waals surface area (Å²) in [5.74, 6) is -1.63. The lowest BCUT2D eigenvalue weighted by Crippen LogP contribution is -2.40. The van der Waals surface area contributed by atoms with Crippen molar-refractivity contribution in [3.05, 3.63) is 29.8 Å². The molecule has 0 saturated carbocycles. The van der Waals surface area contributed by atoms with E-state index in [0.717, 1.165) is 5.56 Å². The molecule has 0 fully saturated rings. The Balaban J connectivity index is 2.40. The van der Waals surface area contributed by atoms with Gasteiger partial charge in [0.1, 0.15) is 17.8 Å². The molecule has 1 aromatic carbocycles. The lowest BCUT2D eigenvalue weighted by molar-refractivity contribution is -0.161. The van der Waals surface area contributed by atoms with Gasteiger partial charge in [-0.1, -0.05) is 12.1 Å². The van der Waals surface area contributed by atoms with Crippen LogP contribution in [0.5, 0.6) is 5.75 Å². The maximum Gasteiger partial charge on any atom is 0.330 e. The highest BCUT2D eigenvalue weighted by molar-refractivity contribution is 5.90. The molecule has 2 atom stereocenters. The summed E-state index contributed by atoms with van der Waals surface area (Å²) in [7, 11) is 0. The van der Waals surface area contributed by atoms with Crippen molar-refractivity contribution >= 4 is 17.9 Å². The smallest absolute Gasteiger partial charge is 0.330 e. The van der Waals surface area contributed by atoms with E-state index in [1.165, 1.54) is 12.1 Å². The second kappa shape index (κ2) is 9.48. The van der Waals surface area contributed by atoms with Gasteiger partial charge in [-0.2, -0.15) is 0 Å². The second-order valence-electron chi connectivity index (χ2n) is 5.27. The third kappa shape index (κ3) is 7.07. The quantitative estimate of drug-likeness (QED) is 0.128. The van der Waals surface area contributed by atoms with E-state index in [0.29, 0.717) is 13.0 Å². The Morgan fingerprint density at radius 2 is 1.67 bits per heavy atom. The van der Waals surface area contributed by atoms with Crippen molar-refractivity contribution < 1.29 is 19.4 Å². The van der Waals surface area contributed by atoms with Gasteiger partial charge in [0.05, 0.1) is 0 Å². The fraction of sp³-hybridized carbons (Fsp3) is 0.400. The molecule has 0 heterocycles. The predicted molar refractivity (Wildman–Crippen MR) is 88.8 cm³/mol. The van der Waals surface area contributed by atoms with Gasteiger partial charge in [0.2, 0.25) is 0 Å². The van der Waals surface area contributed by atoms with Gasteiger partial charge in [0.15, 0.2) is 5.96 Å². The number of carbonyl (C=O) groups is 2. The van der Waals surface area contributed by atoms with E-state index in [4.69, 9.17) is 22.9 Å². The molecule has 0 spiro atoms. The Hall–Kier alpha value is -2.65. The summed E-state index contributed by atoms with van der Waals surface area (Å²) >= 11 is 0. The summed E-state index contributed by atoms with van der Waals surface area (Å²) in [5.41, 5.74) is 22.4. The number of aromatic hydroxyl groups is 1. The maximum absolute atomic E-state index is 11.8. The number of nitrogens with zero attached hydrogens (tertiary/aromatic N) is 1. The minimum atomic E-state index is -1.01. The SMILES string of the molecule is NC(N)=NCCC[C@H](N)C(=O)OC(=O)C(N)Cc1ccc(O)cc1. The van der Waals surface area contributed by atoms with E-state index in [1.54, 1.807) is 12.1 Å². The fourth-order valence-corrected chi connectivity index (χ4v) is 1.86. The van der Waals surface area contributed by atoms with Crippen molar-refractivity contribution in [3.63, 3.8) is 0 Å². The number of phenols is 1. The van der Waals surface area contributed by atoms with Gasteiger partial charge in [-0.05, 0) is 37.0 Å². The largest absolute Gasteiger partial charge is 0.508 e. The van der Waals surface area contributed by atoms with Crippen molar-refractivity contribution in [2.75, 3.05) is 6.54 Å². The number of ether oxygens (including phenoxy) is 1. The third-order valence-corrected chi connectivity index (χ3v) is 3.17. The molecule has 0 aliphatic heterocycles. The fourth-order valence-electron chi connectivity index (χ4n) is 1.86. The average Bonchev–Trinajstić information content (AvgIpc) is 2.53. The molecule has 9 nitrogen and oxygen atoms in total. The number of aliphatic imine (C=N–C) groups is 1. The Morgan fingerprint density at radius 3 is 2.25 bits per heavy atom. The van der Waals surface area contributed by atoms with Crippen molar-refractivity contribution in [2.24, 2.45) is 27.9 Å². The minimum Gasteiger partial charge on any atom is -0.508 e. The monoisotopic (exact) mass is 337 g/mol. The van der Waals surface area contributed by atoms with E-state index >= 15 is 0 Å². The number of hydrogen-bond acceptors (Lipinski definition) is 7. The van der Waals surface area contributed by atoms with Gasteiger partial charge < -0.3 is 32.8 Å². The van der Waals surface area contributed by atoms with Gasteiger partial charge in [0.25, 0.3) is 0 Å². The molecule has 1 aromatic rings. The van der Waals surface area contributed by atoms with Crippen LogP contribution in [0.25, 0.3) is 0 Å². The van der Waals surface area contributed by atoms with Gasteiger partial charge >= 0.3 is 11.9 Å². The summed E-state index contributed by atoms with van der Waals surface area (Å²) in [6.07, 6.45) is 0.921. The molecule has 1 rings (SSSR count). The minimum absolute atomic E-state index is 0.0402. The first-order chi connectivity index (χ1) is 11.3. The zero-order valence-electron chi connectivity index (χ0n) is 13.2. The standard InChI is InChI=1S/C15H23N5O4/c16-11(2-1-7-20-15(18)19)13(22)24-14(23)12(17)8-9-3-5-10(21)6-4-9/h3-6,11-12,21H,1-2,7-8,16-17H2,(H4,18,19,20)/t11-,12?/m0/s1. The number of esters is 2. The van der Waals surface area contributed by atoms with Crippen LogP contribution >= 0.6 is 0 Å². The van der Waals surface area contributed by atoms with Crippen molar-refractivity contribution in [1.29, 1.82) is 0 Å². The molecule has 9 heteroatoms. The van der Waals surface area contributed by atoms with Crippen LogP contribution in [-0.4, -0.2) is 41.6 Å². The summed E-state index contributed by atoms with van der Waals surface area (Å²) in [4.78, 5) is 27.3.